The number of amides is 2. The molecule has 210 valence electrons. The van der Waals surface area contributed by atoms with Crippen LogP contribution >= 0.6 is 23.2 Å². The maximum Gasteiger partial charge on any atom is 0.257 e. The molecule has 2 saturated heterocycles. The van der Waals surface area contributed by atoms with Crippen LogP contribution in [0.3, 0.4) is 0 Å². The zero-order chi connectivity index (χ0) is 28.1. The van der Waals surface area contributed by atoms with E-state index >= 15 is 0 Å². The molecular formula is C30H32Cl2N4O4. The molecule has 2 fully saturated rings. The Morgan fingerprint density at radius 2 is 1.93 bits per heavy atom. The van der Waals surface area contributed by atoms with Crippen LogP contribution in [0.1, 0.15) is 35.7 Å². The van der Waals surface area contributed by atoms with Crippen molar-refractivity contribution in [3.05, 3.63) is 88.0 Å². The summed E-state index contributed by atoms with van der Waals surface area (Å²) in [7, 11) is 0. The van der Waals surface area contributed by atoms with Crippen molar-refractivity contribution in [3.8, 4) is 11.6 Å². The smallest absolute Gasteiger partial charge is 0.257 e. The largest absolute Gasteiger partial charge is 0.437 e. The summed E-state index contributed by atoms with van der Waals surface area (Å²) >= 11 is 12.3. The average Bonchev–Trinajstić information content (AvgIpc) is 3.41. The molecule has 8 nitrogen and oxygen atoms in total. The summed E-state index contributed by atoms with van der Waals surface area (Å²) in [5.41, 5.74) is 1.15. The summed E-state index contributed by atoms with van der Waals surface area (Å²) in [5.74, 6) is -0.288. The molecule has 3 heterocycles. The van der Waals surface area contributed by atoms with E-state index in [1.54, 1.807) is 30.3 Å². The van der Waals surface area contributed by atoms with Crippen molar-refractivity contribution < 1.29 is 19.1 Å². The average molecular weight is 584 g/mol. The van der Waals surface area contributed by atoms with Crippen LogP contribution in [0, 0.1) is 0 Å². The first-order valence-corrected chi connectivity index (χ1v) is 14.2. The van der Waals surface area contributed by atoms with Crippen LogP contribution in [0.4, 0.5) is 0 Å². The predicted molar refractivity (Wildman–Crippen MR) is 154 cm³/mol. The first kappa shape index (κ1) is 28.4. The van der Waals surface area contributed by atoms with Crippen molar-refractivity contribution in [3.63, 3.8) is 0 Å². The number of nitrogens with zero attached hydrogens (tertiary/aromatic N) is 3. The van der Waals surface area contributed by atoms with Crippen molar-refractivity contribution in [1.29, 1.82) is 0 Å². The van der Waals surface area contributed by atoms with E-state index in [1.165, 1.54) is 6.20 Å². The normalized spacial score (nSPS) is 19.6. The summed E-state index contributed by atoms with van der Waals surface area (Å²) in [6.45, 7) is 4.93. The molecule has 0 radical (unpaired) electrons. The highest BCUT2D eigenvalue weighted by molar-refractivity contribution is 6.35. The SMILES string of the molecule is CC1CN2CCCC2CN1C(=O)C(COCc1ccccc1)NC(=O)c1cccnc1Oc1ccc(Cl)cc1Cl. The number of piperazine rings is 1. The number of carbonyl (C=O) groups is 2. The quantitative estimate of drug-likeness (QED) is 0.374. The van der Waals surface area contributed by atoms with Crippen LogP contribution in [0.15, 0.2) is 66.9 Å². The number of nitrogens with one attached hydrogen (secondary N) is 1. The maximum atomic E-state index is 13.9. The van der Waals surface area contributed by atoms with E-state index in [-0.39, 0.29) is 35.0 Å². The van der Waals surface area contributed by atoms with Gasteiger partial charge in [-0.1, -0.05) is 53.5 Å². The molecule has 1 aromatic heterocycles. The molecule has 40 heavy (non-hydrogen) atoms. The zero-order valence-corrected chi connectivity index (χ0v) is 23.8. The highest BCUT2D eigenvalue weighted by Gasteiger charge is 2.39. The fourth-order valence-electron chi connectivity index (χ4n) is 5.28. The Labute approximate surface area is 244 Å². The second kappa shape index (κ2) is 13.0. The van der Waals surface area contributed by atoms with E-state index in [1.807, 2.05) is 35.2 Å². The molecule has 3 aromatic rings. The van der Waals surface area contributed by atoms with Gasteiger partial charge in [-0.05, 0) is 62.2 Å². The Hall–Kier alpha value is -3.17. The van der Waals surface area contributed by atoms with Gasteiger partial charge in [-0.15, -0.1) is 0 Å². The predicted octanol–water partition coefficient (Wildman–Crippen LogP) is 5.19. The van der Waals surface area contributed by atoms with Crippen LogP contribution in [0.5, 0.6) is 11.6 Å². The van der Waals surface area contributed by atoms with E-state index in [0.29, 0.717) is 30.0 Å². The number of hydrogen-bond acceptors (Lipinski definition) is 6. The standard InChI is InChI=1S/C30H32Cl2N4O4/c1-20-16-35-14-6-9-23(35)17-36(20)30(38)26(19-39-18-21-7-3-2-4-8-21)34-28(37)24-10-5-13-33-29(24)40-27-12-11-22(31)15-25(27)32/h2-5,7-8,10-13,15,20,23,26H,6,9,14,16-19H2,1H3,(H,34,37). The zero-order valence-electron chi connectivity index (χ0n) is 22.3. The van der Waals surface area contributed by atoms with Gasteiger partial charge in [0.1, 0.15) is 17.4 Å². The Morgan fingerprint density at radius 3 is 2.73 bits per heavy atom. The van der Waals surface area contributed by atoms with Crippen LogP contribution < -0.4 is 10.1 Å². The molecule has 1 N–H and O–H groups in total. The van der Waals surface area contributed by atoms with Gasteiger partial charge in [0.2, 0.25) is 11.8 Å². The number of pyridine rings is 1. The van der Waals surface area contributed by atoms with Crippen molar-refractivity contribution in [2.75, 3.05) is 26.2 Å². The number of carbonyl (C=O) groups excluding carboxylic acids is 2. The second-order valence-electron chi connectivity index (χ2n) is 10.2. The van der Waals surface area contributed by atoms with E-state index < -0.39 is 11.9 Å². The van der Waals surface area contributed by atoms with Crippen LogP contribution in [-0.2, 0) is 16.1 Å². The van der Waals surface area contributed by atoms with Crippen molar-refractivity contribution in [1.82, 2.24) is 20.1 Å². The molecule has 0 bridgehead atoms. The molecule has 2 aliphatic heterocycles. The number of rotatable bonds is 9. The number of ether oxygens (including phenoxy) is 2. The second-order valence-corrected chi connectivity index (χ2v) is 11.0. The van der Waals surface area contributed by atoms with Gasteiger partial charge in [0.15, 0.2) is 0 Å². The molecule has 10 heteroatoms. The molecule has 5 rings (SSSR count). The van der Waals surface area contributed by atoms with Crippen LogP contribution in [0.25, 0.3) is 0 Å². The fraction of sp³-hybridized carbons (Fsp3) is 0.367. The van der Waals surface area contributed by atoms with Crippen molar-refractivity contribution >= 4 is 35.0 Å². The Morgan fingerprint density at radius 1 is 1.10 bits per heavy atom. The molecule has 2 aliphatic rings. The van der Waals surface area contributed by atoms with E-state index in [0.717, 1.165) is 31.5 Å². The van der Waals surface area contributed by atoms with Crippen LogP contribution in [-0.4, -0.2) is 71.0 Å². The lowest BCUT2D eigenvalue weighted by molar-refractivity contribution is -0.140. The lowest BCUT2D eigenvalue weighted by Crippen LogP contribution is -2.61. The summed E-state index contributed by atoms with van der Waals surface area (Å²) in [6.07, 6.45) is 3.73. The minimum absolute atomic E-state index is 0.0243. The van der Waals surface area contributed by atoms with Gasteiger partial charge in [-0.25, -0.2) is 4.98 Å². The molecule has 3 unspecified atom stereocenters. The van der Waals surface area contributed by atoms with Gasteiger partial charge in [0.05, 0.1) is 18.2 Å². The lowest BCUT2D eigenvalue weighted by atomic mass is 10.1. The molecule has 2 amide bonds. The minimum atomic E-state index is -0.890. The summed E-state index contributed by atoms with van der Waals surface area (Å²) < 4.78 is 11.8. The highest BCUT2D eigenvalue weighted by atomic mass is 35.5. The third-order valence-electron chi connectivity index (χ3n) is 7.34. The van der Waals surface area contributed by atoms with Crippen LogP contribution in [0.2, 0.25) is 10.0 Å². The molecule has 0 saturated carbocycles. The highest BCUT2D eigenvalue weighted by Crippen LogP contribution is 2.32. The summed E-state index contributed by atoms with van der Waals surface area (Å²) in [5, 5.41) is 3.65. The third-order valence-corrected chi connectivity index (χ3v) is 7.87. The first-order valence-electron chi connectivity index (χ1n) is 13.4. The first-order chi connectivity index (χ1) is 19.4. The monoisotopic (exact) mass is 582 g/mol. The van der Waals surface area contributed by atoms with E-state index in [4.69, 9.17) is 32.7 Å². The summed E-state index contributed by atoms with van der Waals surface area (Å²) in [6, 6.07) is 17.2. The minimum Gasteiger partial charge on any atom is -0.437 e. The van der Waals surface area contributed by atoms with Gasteiger partial charge in [0.25, 0.3) is 5.91 Å². The molecule has 2 aromatic carbocycles. The van der Waals surface area contributed by atoms with E-state index in [2.05, 4.69) is 22.1 Å². The Bertz CT molecular complexity index is 1340. The fourth-order valence-corrected chi connectivity index (χ4v) is 5.73. The lowest BCUT2D eigenvalue weighted by Gasteiger charge is -2.43. The third kappa shape index (κ3) is 6.75. The van der Waals surface area contributed by atoms with E-state index in [9.17, 15) is 9.59 Å². The van der Waals surface area contributed by atoms with Gasteiger partial charge in [0, 0.05) is 36.4 Å². The van der Waals surface area contributed by atoms with Gasteiger partial charge in [-0.2, -0.15) is 0 Å². The van der Waals surface area contributed by atoms with Crippen molar-refractivity contribution in [2.24, 2.45) is 0 Å². The molecule has 0 spiro atoms. The van der Waals surface area contributed by atoms with Gasteiger partial charge in [-0.3, -0.25) is 14.5 Å². The maximum absolute atomic E-state index is 13.9. The number of hydrogen-bond donors (Lipinski definition) is 1. The molecule has 3 atom stereocenters. The summed E-state index contributed by atoms with van der Waals surface area (Å²) in [4.78, 5) is 36.0. The number of aromatic nitrogens is 1. The number of fused-ring (bicyclic) bond motifs is 1. The number of halogens is 2. The van der Waals surface area contributed by atoms with Gasteiger partial charge < -0.3 is 19.7 Å². The number of benzene rings is 2. The topological polar surface area (TPSA) is 84.0 Å². The van der Waals surface area contributed by atoms with Gasteiger partial charge >= 0.3 is 0 Å². The van der Waals surface area contributed by atoms with Crippen molar-refractivity contribution in [2.45, 2.75) is 44.5 Å². The molecule has 0 aliphatic carbocycles. The Kier molecular flexibility index (Phi) is 9.22. The Balaban J connectivity index is 1.34. The molecular weight excluding hydrogens is 551 g/mol.